The van der Waals surface area contributed by atoms with E-state index in [9.17, 15) is 9.00 Å². The summed E-state index contributed by atoms with van der Waals surface area (Å²) in [6.45, 7) is 6.21. The van der Waals surface area contributed by atoms with Crippen molar-refractivity contribution in [1.82, 2.24) is 4.90 Å². The van der Waals surface area contributed by atoms with E-state index in [0.717, 1.165) is 55.3 Å². The normalized spacial score (nSPS) is 15.1. The Bertz CT molecular complexity index is 1460. The van der Waals surface area contributed by atoms with Gasteiger partial charge in [0.2, 0.25) is 0 Å². The van der Waals surface area contributed by atoms with Crippen LogP contribution in [-0.4, -0.2) is 54.7 Å². The van der Waals surface area contributed by atoms with Crippen LogP contribution in [0.15, 0.2) is 82.0 Å². The van der Waals surface area contributed by atoms with Crippen molar-refractivity contribution in [3.8, 4) is 17.1 Å². The zero-order chi connectivity index (χ0) is 25.8. The van der Waals surface area contributed by atoms with E-state index in [4.69, 9.17) is 9.15 Å². The molecule has 0 saturated carbocycles. The number of piperazine rings is 1. The van der Waals surface area contributed by atoms with Crippen LogP contribution in [0.3, 0.4) is 0 Å². The van der Waals surface area contributed by atoms with E-state index in [-0.39, 0.29) is 5.43 Å². The first-order chi connectivity index (χ1) is 18.0. The van der Waals surface area contributed by atoms with Crippen LogP contribution in [0.25, 0.3) is 22.3 Å². The first-order valence-electron chi connectivity index (χ1n) is 12.6. The molecule has 7 heteroatoms. The molecule has 0 spiro atoms. The number of hydrogen-bond donors (Lipinski definition) is 0. The molecular weight excluding hydrogens is 484 g/mol. The highest BCUT2D eigenvalue weighted by Gasteiger charge is 2.20. The van der Waals surface area contributed by atoms with Gasteiger partial charge in [0.1, 0.15) is 17.1 Å². The zero-order valence-electron chi connectivity index (χ0n) is 21.3. The van der Waals surface area contributed by atoms with Gasteiger partial charge in [0.15, 0.2) is 5.43 Å². The molecule has 37 heavy (non-hydrogen) atoms. The molecule has 192 valence electrons. The van der Waals surface area contributed by atoms with E-state index < -0.39 is 10.8 Å². The maximum atomic E-state index is 13.1. The van der Waals surface area contributed by atoms with Crippen LogP contribution < -0.4 is 15.1 Å². The smallest absolute Gasteiger partial charge is 0.196 e. The average Bonchev–Trinajstić information content (AvgIpc) is 2.95. The van der Waals surface area contributed by atoms with Crippen LogP contribution in [0.5, 0.6) is 5.75 Å². The third kappa shape index (κ3) is 5.48. The van der Waals surface area contributed by atoms with E-state index in [1.807, 2.05) is 60.7 Å². The van der Waals surface area contributed by atoms with Gasteiger partial charge in [-0.3, -0.25) is 13.9 Å². The molecule has 1 fully saturated rings. The molecule has 1 atom stereocenters. The lowest BCUT2D eigenvalue weighted by atomic mass is 10.0. The largest absolute Gasteiger partial charge is 0.495 e. The summed E-state index contributed by atoms with van der Waals surface area (Å²) in [6.07, 6.45) is 0. The van der Waals surface area contributed by atoms with Gasteiger partial charge in [0.25, 0.3) is 0 Å². The Balaban J connectivity index is 1.25. The molecule has 1 aliphatic heterocycles. The van der Waals surface area contributed by atoms with Gasteiger partial charge in [-0.1, -0.05) is 54.6 Å². The quantitative estimate of drug-likeness (QED) is 0.334. The van der Waals surface area contributed by atoms with E-state index in [2.05, 4.69) is 15.9 Å². The third-order valence-electron chi connectivity index (χ3n) is 7.01. The van der Waals surface area contributed by atoms with Crippen LogP contribution in [-0.2, 0) is 16.6 Å². The van der Waals surface area contributed by atoms with E-state index in [0.29, 0.717) is 33.8 Å². The number of nitrogens with zero attached hydrogens (tertiary/aromatic N) is 2. The summed E-state index contributed by atoms with van der Waals surface area (Å²) in [4.78, 5) is 17.8. The van der Waals surface area contributed by atoms with Crippen LogP contribution in [0.4, 0.5) is 5.69 Å². The van der Waals surface area contributed by atoms with Crippen molar-refractivity contribution in [2.24, 2.45) is 0 Å². The van der Waals surface area contributed by atoms with E-state index in [1.165, 1.54) is 0 Å². The van der Waals surface area contributed by atoms with E-state index >= 15 is 0 Å². The highest BCUT2D eigenvalue weighted by atomic mass is 32.2. The average molecular weight is 517 g/mol. The van der Waals surface area contributed by atoms with Gasteiger partial charge in [-0.2, -0.15) is 0 Å². The maximum absolute atomic E-state index is 13.1. The standard InChI is InChI=1S/C30H32N2O4S/c1-22-28(33)25-12-8-11-24(30(25)36-29(22)23-9-4-3-5-10-23)21-37(34)20-19-31-15-17-32(18-16-31)26-13-6-7-14-27(26)35-2/h3-14H,15-21H2,1-2H3. The summed E-state index contributed by atoms with van der Waals surface area (Å²) >= 11 is 0. The van der Waals surface area contributed by atoms with Gasteiger partial charge >= 0.3 is 0 Å². The first kappa shape index (κ1) is 25.2. The Labute approximate surface area is 219 Å². The first-order valence-corrected chi connectivity index (χ1v) is 14.1. The molecule has 5 rings (SSSR count). The Hall–Kier alpha value is -3.42. The summed E-state index contributed by atoms with van der Waals surface area (Å²) in [6, 6.07) is 23.3. The molecule has 1 unspecified atom stereocenters. The summed E-state index contributed by atoms with van der Waals surface area (Å²) in [5.74, 6) is 2.40. The lowest BCUT2D eigenvalue weighted by Gasteiger charge is -2.36. The van der Waals surface area contributed by atoms with Gasteiger partial charge in [-0.15, -0.1) is 0 Å². The van der Waals surface area contributed by atoms with Crippen LogP contribution >= 0.6 is 0 Å². The Morgan fingerprint density at radius 1 is 0.919 bits per heavy atom. The molecule has 1 aromatic heterocycles. The second kappa shape index (κ2) is 11.3. The Morgan fingerprint density at radius 3 is 2.41 bits per heavy atom. The van der Waals surface area contributed by atoms with Crippen molar-refractivity contribution in [1.29, 1.82) is 0 Å². The molecule has 0 bridgehead atoms. The van der Waals surface area contributed by atoms with Crippen molar-refractivity contribution in [3.63, 3.8) is 0 Å². The molecule has 0 radical (unpaired) electrons. The fraction of sp³-hybridized carbons (Fsp3) is 0.300. The van der Waals surface area contributed by atoms with Gasteiger partial charge < -0.3 is 14.1 Å². The highest BCUT2D eigenvalue weighted by Crippen LogP contribution is 2.29. The Morgan fingerprint density at radius 2 is 1.65 bits per heavy atom. The fourth-order valence-corrected chi connectivity index (χ4v) is 6.11. The third-order valence-corrected chi connectivity index (χ3v) is 8.28. The summed E-state index contributed by atoms with van der Waals surface area (Å²) < 4.78 is 24.9. The molecule has 1 saturated heterocycles. The molecule has 0 N–H and O–H groups in total. The topological polar surface area (TPSA) is 63.0 Å². The minimum absolute atomic E-state index is 0.0411. The summed E-state index contributed by atoms with van der Waals surface area (Å²) in [5, 5.41) is 0.541. The molecule has 2 heterocycles. The number of benzene rings is 3. The predicted octanol–water partition coefficient (Wildman–Crippen LogP) is 4.85. The predicted molar refractivity (Wildman–Crippen MR) is 151 cm³/mol. The number of hydrogen-bond acceptors (Lipinski definition) is 6. The molecule has 0 amide bonds. The van der Waals surface area contributed by atoms with Crippen molar-refractivity contribution < 1.29 is 13.4 Å². The van der Waals surface area contributed by atoms with Crippen molar-refractivity contribution in [3.05, 3.63) is 94.1 Å². The minimum Gasteiger partial charge on any atom is -0.495 e. The number of para-hydroxylation sites is 3. The van der Waals surface area contributed by atoms with Crippen molar-refractivity contribution in [2.45, 2.75) is 12.7 Å². The Kier molecular flexibility index (Phi) is 7.72. The van der Waals surface area contributed by atoms with Crippen molar-refractivity contribution >= 4 is 27.5 Å². The molecule has 4 aromatic rings. The van der Waals surface area contributed by atoms with Crippen LogP contribution in [0.2, 0.25) is 0 Å². The van der Waals surface area contributed by atoms with Gasteiger partial charge in [0.05, 0.1) is 23.9 Å². The second-order valence-electron chi connectivity index (χ2n) is 9.33. The maximum Gasteiger partial charge on any atom is 0.196 e. The van der Waals surface area contributed by atoms with Crippen molar-refractivity contribution in [2.75, 3.05) is 50.5 Å². The highest BCUT2D eigenvalue weighted by molar-refractivity contribution is 7.84. The lowest BCUT2D eigenvalue weighted by molar-refractivity contribution is 0.271. The molecule has 0 aliphatic carbocycles. The zero-order valence-corrected chi connectivity index (χ0v) is 22.1. The van der Waals surface area contributed by atoms with Gasteiger partial charge in [-0.25, -0.2) is 0 Å². The fourth-order valence-electron chi connectivity index (χ4n) is 4.93. The van der Waals surface area contributed by atoms with Crippen LogP contribution in [0.1, 0.15) is 11.1 Å². The molecular formula is C30H32N2O4S. The summed E-state index contributed by atoms with van der Waals surface area (Å²) in [7, 11) is 0.625. The number of ether oxygens (including phenoxy) is 1. The second-order valence-corrected chi connectivity index (χ2v) is 10.9. The molecule has 6 nitrogen and oxygen atoms in total. The number of fused-ring (bicyclic) bond motifs is 1. The molecule has 1 aliphatic rings. The SMILES string of the molecule is COc1ccccc1N1CCN(CCS(=O)Cc2cccc3c(=O)c(C)c(-c4ccccc4)oc23)CC1. The monoisotopic (exact) mass is 516 g/mol. The lowest BCUT2D eigenvalue weighted by Crippen LogP contribution is -2.47. The number of methoxy groups -OCH3 is 1. The van der Waals surface area contributed by atoms with Crippen LogP contribution in [0, 0.1) is 6.92 Å². The van der Waals surface area contributed by atoms with Gasteiger partial charge in [-0.05, 0) is 25.1 Å². The van der Waals surface area contributed by atoms with E-state index in [1.54, 1.807) is 20.1 Å². The number of anilines is 1. The summed E-state index contributed by atoms with van der Waals surface area (Å²) in [5.41, 5.74) is 3.88. The molecule has 3 aromatic carbocycles. The minimum atomic E-state index is -1.08. The number of rotatable bonds is 8. The van der Waals surface area contributed by atoms with Gasteiger partial charge in [0, 0.05) is 66.0 Å².